The van der Waals surface area contributed by atoms with Crippen molar-refractivity contribution in [2.75, 3.05) is 13.1 Å². The number of hydrogen-bond acceptors (Lipinski definition) is 4. The lowest BCUT2D eigenvalue weighted by Crippen LogP contribution is -2.38. The van der Waals surface area contributed by atoms with E-state index in [1.165, 1.54) is 12.8 Å². The van der Waals surface area contributed by atoms with Crippen molar-refractivity contribution in [2.45, 2.75) is 44.6 Å². The Balaban J connectivity index is 1.32. The molecule has 0 aromatic carbocycles. The minimum Gasteiger partial charge on any atom is -0.349 e. The van der Waals surface area contributed by atoms with Gasteiger partial charge in [-0.3, -0.25) is 19.6 Å². The van der Waals surface area contributed by atoms with Crippen molar-refractivity contribution in [3.8, 4) is 0 Å². The van der Waals surface area contributed by atoms with Crippen molar-refractivity contribution in [3.63, 3.8) is 0 Å². The maximum absolute atomic E-state index is 12.5. The third-order valence-electron chi connectivity index (χ3n) is 5.82. The number of aromatic nitrogens is 2. The summed E-state index contributed by atoms with van der Waals surface area (Å²) >= 11 is 0. The molecule has 2 fully saturated rings. The van der Waals surface area contributed by atoms with Gasteiger partial charge in [-0.15, -0.1) is 0 Å². The van der Waals surface area contributed by atoms with Crippen LogP contribution in [-0.4, -0.2) is 45.8 Å². The highest BCUT2D eigenvalue weighted by atomic mass is 16.2. The average molecular weight is 378 g/mol. The second-order valence-electron chi connectivity index (χ2n) is 7.85. The Kier molecular flexibility index (Phi) is 5.37. The molecule has 0 unspecified atom stereocenters. The molecule has 0 bridgehead atoms. The van der Waals surface area contributed by atoms with E-state index in [0.29, 0.717) is 36.2 Å². The molecule has 1 aliphatic carbocycles. The summed E-state index contributed by atoms with van der Waals surface area (Å²) in [5.74, 6) is 0.892. The standard InChI is InChI=1S/C22H26N4O2/c1-15(16-5-6-16)25-21(27)18-7-8-19(24-14-18)17-9-12-26(13-10-17)22(28)20-4-2-3-11-23-20/h2-4,7-8,11,14-17H,5-6,9-10,12-13H2,1H3,(H,25,27)/t15-/m0/s1. The fraction of sp³-hybridized carbons (Fsp3) is 0.455. The van der Waals surface area contributed by atoms with Gasteiger partial charge in [-0.25, -0.2) is 0 Å². The molecule has 6 heteroatoms. The van der Waals surface area contributed by atoms with Crippen molar-refractivity contribution < 1.29 is 9.59 Å². The number of nitrogens with one attached hydrogen (secondary N) is 1. The first-order chi connectivity index (χ1) is 13.6. The molecule has 3 heterocycles. The molecule has 1 N–H and O–H groups in total. The van der Waals surface area contributed by atoms with E-state index in [-0.39, 0.29) is 17.9 Å². The Morgan fingerprint density at radius 2 is 1.86 bits per heavy atom. The fourth-order valence-electron chi connectivity index (χ4n) is 3.81. The molecular formula is C22H26N4O2. The number of carbonyl (C=O) groups excluding carboxylic acids is 2. The van der Waals surface area contributed by atoms with E-state index in [2.05, 4.69) is 22.2 Å². The number of pyridine rings is 2. The van der Waals surface area contributed by atoms with E-state index in [0.717, 1.165) is 18.5 Å². The van der Waals surface area contributed by atoms with Gasteiger partial charge >= 0.3 is 0 Å². The van der Waals surface area contributed by atoms with Crippen LogP contribution in [0.5, 0.6) is 0 Å². The van der Waals surface area contributed by atoms with Crippen LogP contribution >= 0.6 is 0 Å². The first kappa shape index (κ1) is 18.6. The van der Waals surface area contributed by atoms with Crippen LogP contribution in [0.1, 0.15) is 65.1 Å². The van der Waals surface area contributed by atoms with E-state index in [1.807, 2.05) is 29.2 Å². The SMILES string of the molecule is C[C@H](NC(=O)c1ccc(C2CCN(C(=O)c3ccccn3)CC2)nc1)C1CC1. The van der Waals surface area contributed by atoms with Gasteiger partial charge in [0.25, 0.3) is 11.8 Å². The van der Waals surface area contributed by atoms with Gasteiger partial charge in [0.15, 0.2) is 0 Å². The predicted octanol–water partition coefficient (Wildman–Crippen LogP) is 3.02. The van der Waals surface area contributed by atoms with Crippen molar-refractivity contribution in [1.82, 2.24) is 20.2 Å². The van der Waals surface area contributed by atoms with E-state index in [4.69, 9.17) is 0 Å². The van der Waals surface area contributed by atoms with E-state index in [1.54, 1.807) is 18.5 Å². The smallest absolute Gasteiger partial charge is 0.272 e. The Bertz CT molecular complexity index is 825. The number of rotatable bonds is 5. The van der Waals surface area contributed by atoms with Gasteiger partial charge in [-0.1, -0.05) is 6.07 Å². The van der Waals surface area contributed by atoms with Crippen LogP contribution in [0.25, 0.3) is 0 Å². The summed E-state index contributed by atoms with van der Waals surface area (Å²) in [6, 6.07) is 9.45. The minimum atomic E-state index is -0.0470. The number of piperidine rings is 1. The highest BCUT2D eigenvalue weighted by molar-refractivity contribution is 5.94. The van der Waals surface area contributed by atoms with Crippen molar-refractivity contribution in [1.29, 1.82) is 0 Å². The largest absolute Gasteiger partial charge is 0.349 e. The second kappa shape index (κ2) is 8.09. The monoisotopic (exact) mass is 378 g/mol. The highest BCUT2D eigenvalue weighted by Gasteiger charge is 2.29. The summed E-state index contributed by atoms with van der Waals surface area (Å²) in [4.78, 5) is 35.4. The molecule has 2 amide bonds. The summed E-state index contributed by atoms with van der Waals surface area (Å²) < 4.78 is 0. The number of amides is 2. The Labute approximate surface area is 165 Å². The van der Waals surface area contributed by atoms with Gasteiger partial charge in [-0.2, -0.15) is 0 Å². The molecule has 4 rings (SSSR count). The predicted molar refractivity (Wildman–Crippen MR) is 106 cm³/mol. The van der Waals surface area contributed by atoms with Gasteiger partial charge < -0.3 is 10.2 Å². The highest BCUT2D eigenvalue weighted by Crippen LogP contribution is 2.32. The van der Waals surface area contributed by atoms with Crippen LogP contribution in [0.3, 0.4) is 0 Å². The molecule has 2 aromatic rings. The zero-order valence-electron chi connectivity index (χ0n) is 16.2. The molecule has 0 radical (unpaired) electrons. The Morgan fingerprint density at radius 3 is 2.46 bits per heavy atom. The van der Waals surface area contributed by atoms with Crippen LogP contribution < -0.4 is 5.32 Å². The first-order valence-electron chi connectivity index (χ1n) is 10.1. The van der Waals surface area contributed by atoms with Crippen molar-refractivity contribution in [3.05, 3.63) is 59.7 Å². The van der Waals surface area contributed by atoms with Gasteiger partial charge in [0.2, 0.25) is 0 Å². The number of carbonyl (C=O) groups is 2. The molecule has 1 saturated carbocycles. The number of likely N-dealkylation sites (tertiary alicyclic amines) is 1. The molecule has 6 nitrogen and oxygen atoms in total. The molecule has 146 valence electrons. The second-order valence-corrected chi connectivity index (χ2v) is 7.85. The Morgan fingerprint density at radius 1 is 1.07 bits per heavy atom. The normalized spacial score (nSPS) is 18.5. The Hall–Kier alpha value is -2.76. The zero-order valence-corrected chi connectivity index (χ0v) is 16.2. The molecule has 1 saturated heterocycles. The van der Waals surface area contributed by atoms with Crippen LogP contribution in [0.15, 0.2) is 42.7 Å². The van der Waals surface area contributed by atoms with Gasteiger partial charge in [0.05, 0.1) is 5.56 Å². The average Bonchev–Trinajstić information content (AvgIpc) is 3.60. The molecule has 1 atom stereocenters. The van der Waals surface area contributed by atoms with Gasteiger partial charge in [0, 0.05) is 43.1 Å². The van der Waals surface area contributed by atoms with Crippen molar-refractivity contribution >= 4 is 11.8 Å². The van der Waals surface area contributed by atoms with Gasteiger partial charge in [0.1, 0.15) is 5.69 Å². The van der Waals surface area contributed by atoms with E-state index >= 15 is 0 Å². The van der Waals surface area contributed by atoms with Gasteiger partial charge in [-0.05, 0) is 62.8 Å². The number of nitrogens with zero attached hydrogens (tertiary/aromatic N) is 3. The maximum atomic E-state index is 12.5. The minimum absolute atomic E-state index is 0.0104. The third kappa shape index (κ3) is 4.21. The fourth-order valence-corrected chi connectivity index (χ4v) is 3.81. The summed E-state index contributed by atoms with van der Waals surface area (Å²) in [6.07, 6.45) is 7.48. The first-order valence-corrected chi connectivity index (χ1v) is 10.1. The van der Waals surface area contributed by atoms with Crippen LogP contribution in [0.4, 0.5) is 0 Å². The molecule has 0 spiro atoms. The summed E-state index contributed by atoms with van der Waals surface area (Å²) in [5, 5.41) is 3.06. The molecule has 1 aliphatic heterocycles. The maximum Gasteiger partial charge on any atom is 0.272 e. The van der Waals surface area contributed by atoms with Crippen LogP contribution in [-0.2, 0) is 0 Å². The molecule has 2 aromatic heterocycles. The lowest BCUT2D eigenvalue weighted by atomic mass is 9.92. The summed E-state index contributed by atoms with van der Waals surface area (Å²) in [6.45, 7) is 3.46. The van der Waals surface area contributed by atoms with E-state index in [9.17, 15) is 9.59 Å². The lowest BCUT2D eigenvalue weighted by Gasteiger charge is -2.31. The molecular weight excluding hydrogens is 352 g/mol. The third-order valence-corrected chi connectivity index (χ3v) is 5.82. The number of hydrogen-bond donors (Lipinski definition) is 1. The quantitative estimate of drug-likeness (QED) is 0.868. The van der Waals surface area contributed by atoms with Crippen LogP contribution in [0.2, 0.25) is 0 Å². The van der Waals surface area contributed by atoms with E-state index < -0.39 is 0 Å². The topological polar surface area (TPSA) is 75.2 Å². The lowest BCUT2D eigenvalue weighted by molar-refractivity contribution is 0.0705. The van der Waals surface area contributed by atoms with Crippen LogP contribution in [0, 0.1) is 5.92 Å². The van der Waals surface area contributed by atoms with Crippen molar-refractivity contribution in [2.24, 2.45) is 5.92 Å². The zero-order chi connectivity index (χ0) is 19.5. The summed E-state index contributed by atoms with van der Waals surface area (Å²) in [7, 11) is 0. The summed E-state index contributed by atoms with van der Waals surface area (Å²) in [5.41, 5.74) is 2.10. The molecule has 2 aliphatic rings. The molecule has 28 heavy (non-hydrogen) atoms.